The van der Waals surface area contributed by atoms with E-state index in [4.69, 9.17) is 4.74 Å². The number of benzene rings is 1. The number of nitriles is 1. The average Bonchev–Trinajstić information content (AvgIpc) is 2.58. The summed E-state index contributed by atoms with van der Waals surface area (Å²) in [6.45, 7) is 6.75. The average molecular weight is 357 g/mol. The monoisotopic (exact) mass is 357 g/mol. The van der Waals surface area contributed by atoms with Crippen molar-refractivity contribution in [1.82, 2.24) is 9.97 Å². The van der Waals surface area contributed by atoms with E-state index in [0.29, 0.717) is 17.5 Å². The number of unbranched alkanes of at least 4 members (excludes halogenated alkanes) is 2. The molecule has 1 heterocycles. The third-order valence-electron chi connectivity index (χ3n) is 3.96. The highest BCUT2D eigenvalue weighted by molar-refractivity contribution is 7.98. The lowest BCUT2D eigenvalue weighted by atomic mass is 9.97. The van der Waals surface area contributed by atoms with Gasteiger partial charge in [-0.1, -0.05) is 31.5 Å². The molecule has 0 aliphatic rings. The van der Waals surface area contributed by atoms with E-state index in [-0.39, 0.29) is 5.56 Å². The molecular weight excluding hydrogens is 334 g/mol. The first-order valence-electron chi connectivity index (χ1n) is 8.34. The van der Waals surface area contributed by atoms with Gasteiger partial charge in [-0.15, -0.1) is 0 Å². The normalized spacial score (nSPS) is 10.5. The lowest BCUT2D eigenvalue weighted by Crippen LogP contribution is -2.15. The number of aromatic amines is 1. The Bertz CT molecular complexity index is 830. The lowest BCUT2D eigenvalue weighted by Gasteiger charge is -2.14. The van der Waals surface area contributed by atoms with Gasteiger partial charge in [0.1, 0.15) is 17.4 Å². The molecule has 0 bridgehead atoms. The molecule has 0 fully saturated rings. The molecule has 0 radical (unpaired) electrons. The molecule has 2 rings (SSSR count). The first-order valence-corrected chi connectivity index (χ1v) is 9.57. The molecule has 1 N–H and O–H groups in total. The summed E-state index contributed by atoms with van der Waals surface area (Å²) < 4.78 is 5.83. The number of aromatic nitrogens is 2. The fraction of sp³-hybridized carbons (Fsp3) is 0.421. The van der Waals surface area contributed by atoms with Crippen LogP contribution in [0, 0.1) is 25.2 Å². The Kier molecular flexibility index (Phi) is 6.65. The first-order chi connectivity index (χ1) is 12.0. The Morgan fingerprint density at radius 1 is 1.28 bits per heavy atom. The number of nitrogens with one attached hydrogen (secondary N) is 1. The molecule has 0 unspecified atom stereocenters. The van der Waals surface area contributed by atoms with Crippen molar-refractivity contribution in [3.63, 3.8) is 0 Å². The van der Waals surface area contributed by atoms with Crippen molar-refractivity contribution in [3.8, 4) is 23.1 Å². The lowest BCUT2D eigenvalue weighted by molar-refractivity contribution is 0.306. The van der Waals surface area contributed by atoms with Gasteiger partial charge in [0.25, 0.3) is 5.56 Å². The first kappa shape index (κ1) is 19.1. The van der Waals surface area contributed by atoms with E-state index < -0.39 is 5.56 Å². The SMILES string of the molecule is CCCCCOc1cc(C)c(-c2nc(SC)[nH]c(=O)c2C#N)c(C)c1. The van der Waals surface area contributed by atoms with Gasteiger partial charge in [-0.3, -0.25) is 4.79 Å². The molecule has 0 aliphatic heterocycles. The van der Waals surface area contributed by atoms with Crippen LogP contribution in [0.4, 0.5) is 0 Å². The number of ether oxygens (including phenoxy) is 1. The summed E-state index contributed by atoms with van der Waals surface area (Å²) in [5, 5.41) is 9.88. The fourth-order valence-corrected chi connectivity index (χ4v) is 3.13. The fourth-order valence-electron chi connectivity index (χ4n) is 2.76. The van der Waals surface area contributed by atoms with Crippen LogP contribution in [0.1, 0.15) is 42.9 Å². The highest BCUT2D eigenvalue weighted by Gasteiger charge is 2.17. The molecule has 1 aromatic heterocycles. The molecular formula is C19H23N3O2S. The van der Waals surface area contributed by atoms with E-state index >= 15 is 0 Å². The maximum absolute atomic E-state index is 12.2. The van der Waals surface area contributed by atoms with E-state index in [1.165, 1.54) is 11.8 Å². The number of hydrogen-bond donors (Lipinski definition) is 1. The standard InChI is InChI=1S/C19H23N3O2S/c1-5-6-7-8-24-14-9-12(2)16(13(3)10-14)17-15(11-20)18(23)22-19(21-17)25-4/h9-10H,5-8H2,1-4H3,(H,21,22,23). The minimum Gasteiger partial charge on any atom is -0.494 e. The number of H-pyrrole nitrogens is 1. The van der Waals surface area contributed by atoms with E-state index in [1.54, 1.807) is 0 Å². The van der Waals surface area contributed by atoms with Crippen molar-refractivity contribution >= 4 is 11.8 Å². The second-order valence-corrected chi connectivity index (χ2v) is 6.69. The van der Waals surface area contributed by atoms with Crippen molar-refractivity contribution in [3.05, 3.63) is 39.2 Å². The van der Waals surface area contributed by atoms with Crippen LogP contribution in [-0.2, 0) is 0 Å². The van der Waals surface area contributed by atoms with Crippen molar-refractivity contribution in [2.45, 2.75) is 45.2 Å². The number of hydrogen-bond acceptors (Lipinski definition) is 5. The van der Waals surface area contributed by atoms with Gasteiger partial charge in [0.2, 0.25) is 0 Å². The Morgan fingerprint density at radius 3 is 2.52 bits per heavy atom. The maximum Gasteiger partial charge on any atom is 0.270 e. The highest BCUT2D eigenvalue weighted by Crippen LogP contribution is 2.31. The molecule has 132 valence electrons. The second-order valence-electron chi connectivity index (χ2n) is 5.90. The summed E-state index contributed by atoms with van der Waals surface area (Å²) in [5.74, 6) is 0.809. The summed E-state index contributed by atoms with van der Waals surface area (Å²) >= 11 is 1.34. The van der Waals surface area contributed by atoms with Crippen LogP contribution in [0.2, 0.25) is 0 Å². The van der Waals surface area contributed by atoms with Crippen LogP contribution in [-0.4, -0.2) is 22.8 Å². The largest absolute Gasteiger partial charge is 0.494 e. The molecule has 25 heavy (non-hydrogen) atoms. The number of aryl methyl sites for hydroxylation is 2. The maximum atomic E-state index is 12.2. The molecule has 0 spiro atoms. The van der Waals surface area contributed by atoms with Gasteiger partial charge in [0.05, 0.1) is 12.3 Å². The summed E-state index contributed by atoms with van der Waals surface area (Å²) in [6, 6.07) is 5.87. The van der Waals surface area contributed by atoms with Crippen molar-refractivity contribution in [1.29, 1.82) is 5.26 Å². The van der Waals surface area contributed by atoms with Crippen LogP contribution in [0.5, 0.6) is 5.75 Å². The Hall–Kier alpha value is -2.26. The smallest absolute Gasteiger partial charge is 0.270 e. The van der Waals surface area contributed by atoms with Crippen LogP contribution >= 0.6 is 11.8 Å². The van der Waals surface area contributed by atoms with Gasteiger partial charge in [-0.25, -0.2) is 4.98 Å². The molecule has 0 saturated heterocycles. The molecule has 0 aliphatic carbocycles. The molecule has 6 heteroatoms. The van der Waals surface area contributed by atoms with Gasteiger partial charge in [0.15, 0.2) is 5.16 Å². The van der Waals surface area contributed by atoms with Crippen molar-refractivity contribution in [2.24, 2.45) is 0 Å². The zero-order valence-corrected chi connectivity index (χ0v) is 15.9. The van der Waals surface area contributed by atoms with Crippen LogP contribution < -0.4 is 10.3 Å². The topological polar surface area (TPSA) is 78.8 Å². The summed E-state index contributed by atoms with van der Waals surface area (Å²) in [5.41, 5.74) is 2.76. The van der Waals surface area contributed by atoms with Gasteiger partial charge >= 0.3 is 0 Å². The quantitative estimate of drug-likeness (QED) is 0.456. The highest BCUT2D eigenvalue weighted by atomic mass is 32.2. The molecule has 0 atom stereocenters. The molecule has 0 amide bonds. The number of nitrogens with zero attached hydrogens (tertiary/aromatic N) is 2. The van der Waals surface area contributed by atoms with E-state index in [9.17, 15) is 10.1 Å². The molecule has 1 aromatic carbocycles. The van der Waals surface area contributed by atoms with Gasteiger partial charge < -0.3 is 9.72 Å². The summed E-state index contributed by atoms with van der Waals surface area (Å²) in [6.07, 6.45) is 5.17. The van der Waals surface area contributed by atoms with Crippen molar-refractivity contribution in [2.75, 3.05) is 12.9 Å². The minimum absolute atomic E-state index is 0.0422. The summed E-state index contributed by atoms with van der Waals surface area (Å²) in [4.78, 5) is 19.3. The molecule has 5 nitrogen and oxygen atoms in total. The second kappa shape index (κ2) is 8.72. The van der Waals surface area contributed by atoms with Gasteiger partial charge in [-0.2, -0.15) is 5.26 Å². The zero-order chi connectivity index (χ0) is 18.4. The third kappa shape index (κ3) is 4.43. The Labute approximate surface area is 152 Å². The third-order valence-corrected chi connectivity index (χ3v) is 4.54. The Balaban J connectivity index is 2.46. The minimum atomic E-state index is -0.407. The van der Waals surface area contributed by atoms with E-state index in [2.05, 4.69) is 16.9 Å². The Morgan fingerprint density at radius 2 is 1.96 bits per heavy atom. The van der Waals surface area contributed by atoms with Gasteiger partial charge in [-0.05, 0) is 49.8 Å². The van der Waals surface area contributed by atoms with E-state index in [1.807, 2.05) is 38.3 Å². The molecule has 2 aromatic rings. The van der Waals surface area contributed by atoms with Gasteiger partial charge in [0, 0.05) is 5.56 Å². The van der Waals surface area contributed by atoms with E-state index in [0.717, 1.165) is 41.7 Å². The van der Waals surface area contributed by atoms with Crippen LogP contribution in [0.25, 0.3) is 11.3 Å². The van der Waals surface area contributed by atoms with Crippen molar-refractivity contribution < 1.29 is 4.74 Å². The van der Waals surface area contributed by atoms with Crippen LogP contribution in [0.15, 0.2) is 22.1 Å². The number of thioether (sulfide) groups is 1. The summed E-state index contributed by atoms with van der Waals surface area (Å²) in [7, 11) is 0. The predicted octanol–water partition coefficient (Wildman–Crippen LogP) is 4.22. The number of rotatable bonds is 7. The van der Waals surface area contributed by atoms with Crippen LogP contribution in [0.3, 0.4) is 0 Å². The predicted molar refractivity (Wildman–Crippen MR) is 101 cm³/mol. The molecule has 0 saturated carbocycles. The zero-order valence-electron chi connectivity index (χ0n) is 15.1.